The maximum absolute atomic E-state index is 12.2. The van der Waals surface area contributed by atoms with Gasteiger partial charge in [0.2, 0.25) is 0 Å². The molecule has 0 atom stereocenters. The molecule has 1 aliphatic carbocycles. The fraction of sp³-hybridized carbons (Fsp3) is 0.250. The Morgan fingerprint density at radius 3 is 2.59 bits per heavy atom. The van der Waals surface area contributed by atoms with Gasteiger partial charge in [-0.2, -0.15) is 0 Å². The van der Waals surface area contributed by atoms with Gasteiger partial charge in [-0.25, -0.2) is 0 Å². The second-order valence-corrected chi connectivity index (χ2v) is 10.8. The van der Waals surface area contributed by atoms with Crippen molar-refractivity contribution in [1.82, 2.24) is 15.3 Å². The molecule has 0 bridgehead atoms. The molecule has 163 valence electrons. The van der Waals surface area contributed by atoms with Crippen LogP contribution in [0.1, 0.15) is 40.7 Å². The number of pyridine rings is 2. The van der Waals surface area contributed by atoms with Crippen molar-refractivity contribution in [2.24, 2.45) is 5.73 Å². The fourth-order valence-corrected chi connectivity index (χ4v) is 6.46. The predicted molar refractivity (Wildman–Crippen MR) is 126 cm³/mol. The third kappa shape index (κ3) is 5.35. The molecule has 1 fully saturated rings. The number of carbonyl (C=O) groups is 2. The number of amides is 3. The van der Waals surface area contributed by atoms with Crippen LogP contribution in [0.15, 0.2) is 54.9 Å². The van der Waals surface area contributed by atoms with Crippen molar-refractivity contribution in [1.29, 1.82) is 0 Å². The number of aromatic nitrogens is 2. The maximum atomic E-state index is 12.2. The molecule has 2 aromatic heterocycles. The number of hydrogen-bond acceptors (Lipinski definition) is 4. The normalized spacial score (nSPS) is 13.7. The quantitative estimate of drug-likeness (QED) is 0.442. The third-order valence-corrected chi connectivity index (χ3v) is 8.51. The monoisotopic (exact) mass is 490 g/mol. The first-order valence-corrected chi connectivity index (χ1v) is 12.6. The van der Waals surface area contributed by atoms with Gasteiger partial charge in [-0.1, -0.05) is 6.07 Å². The number of urea groups is 1. The van der Waals surface area contributed by atoms with E-state index in [2.05, 4.69) is 15.6 Å². The van der Waals surface area contributed by atoms with E-state index in [1.807, 2.05) is 49.4 Å². The Balaban J connectivity index is 1.46. The Morgan fingerprint density at radius 2 is 1.97 bits per heavy atom. The van der Waals surface area contributed by atoms with Crippen molar-refractivity contribution in [2.45, 2.75) is 37.4 Å². The summed E-state index contributed by atoms with van der Waals surface area (Å²) >= 11 is -0.183. The summed E-state index contributed by atoms with van der Waals surface area (Å²) in [6, 6.07) is 12.9. The topological polar surface area (TPSA) is 110 Å². The molecule has 1 radical (unpaired) electrons. The molecule has 4 N–H and O–H groups in total. The molecule has 0 saturated heterocycles. The molecule has 2 heterocycles. The first kappa shape index (κ1) is 22.0. The van der Waals surface area contributed by atoms with Crippen LogP contribution in [-0.4, -0.2) is 37.7 Å². The van der Waals surface area contributed by atoms with Crippen molar-refractivity contribution in [3.8, 4) is 11.3 Å². The summed E-state index contributed by atoms with van der Waals surface area (Å²) < 4.78 is 1.54. The average Bonchev–Trinajstić information content (AvgIpc) is 2.76. The van der Waals surface area contributed by atoms with E-state index in [0.717, 1.165) is 26.9 Å². The Bertz CT molecular complexity index is 1120. The van der Waals surface area contributed by atoms with Crippen LogP contribution in [0.5, 0.6) is 0 Å². The summed E-state index contributed by atoms with van der Waals surface area (Å²) in [6.07, 6.45) is 7.10. The molecule has 3 aromatic rings. The number of carbonyl (C=O) groups excluding carboxylic acids is 2. The van der Waals surface area contributed by atoms with Crippen LogP contribution in [0.2, 0.25) is 4.71 Å². The first-order valence-electron chi connectivity index (χ1n) is 10.6. The van der Waals surface area contributed by atoms with Crippen molar-refractivity contribution in [3.05, 3.63) is 71.5 Å². The van der Waals surface area contributed by atoms with Gasteiger partial charge in [-0.3, -0.25) is 4.98 Å². The van der Waals surface area contributed by atoms with Crippen LogP contribution >= 0.6 is 0 Å². The number of primary amides is 1. The van der Waals surface area contributed by atoms with Crippen LogP contribution in [0.3, 0.4) is 0 Å². The van der Waals surface area contributed by atoms with Crippen LogP contribution < -0.4 is 20.8 Å². The number of nitrogens with two attached hydrogens (primary N) is 1. The average molecular weight is 490 g/mol. The van der Waals surface area contributed by atoms with Gasteiger partial charge in [0.15, 0.2) is 0 Å². The van der Waals surface area contributed by atoms with E-state index in [4.69, 9.17) is 10.7 Å². The number of nitrogens with one attached hydrogen (secondary N) is 2. The van der Waals surface area contributed by atoms with Crippen LogP contribution in [0.4, 0.5) is 10.5 Å². The van der Waals surface area contributed by atoms with Gasteiger partial charge in [-0.15, -0.1) is 0 Å². The molecule has 32 heavy (non-hydrogen) atoms. The summed E-state index contributed by atoms with van der Waals surface area (Å²) in [5, 5.41) is 5.65. The van der Waals surface area contributed by atoms with Crippen LogP contribution in [0.25, 0.3) is 11.3 Å². The van der Waals surface area contributed by atoms with Crippen molar-refractivity contribution < 1.29 is 9.59 Å². The number of nitrogens with zero attached hydrogens (tertiary/aromatic N) is 2. The molecule has 8 heteroatoms. The van der Waals surface area contributed by atoms with Gasteiger partial charge in [0.1, 0.15) is 0 Å². The molecule has 0 aliphatic heterocycles. The first-order chi connectivity index (χ1) is 15.5. The Morgan fingerprint density at radius 1 is 1.19 bits per heavy atom. The van der Waals surface area contributed by atoms with Gasteiger partial charge >= 0.3 is 165 Å². The Labute approximate surface area is 193 Å². The van der Waals surface area contributed by atoms with E-state index in [9.17, 15) is 9.59 Å². The SMILES string of the molecule is Cc1cc(C(N)=O)c([As]C2CCC2)nc1-c1ccc(NC(=O)NCc2cccnc2)cc1. The zero-order valence-corrected chi connectivity index (χ0v) is 19.7. The summed E-state index contributed by atoms with van der Waals surface area (Å²) in [5.41, 5.74) is 10.5. The summed E-state index contributed by atoms with van der Waals surface area (Å²) in [5.74, 6) is -0.409. The van der Waals surface area contributed by atoms with E-state index in [1.165, 1.54) is 19.3 Å². The van der Waals surface area contributed by atoms with Gasteiger partial charge in [0, 0.05) is 12.4 Å². The van der Waals surface area contributed by atoms with Crippen molar-refractivity contribution in [3.63, 3.8) is 0 Å². The molecular weight excluding hydrogens is 465 g/mol. The minimum atomic E-state index is -0.409. The van der Waals surface area contributed by atoms with Gasteiger partial charge < -0.3 is 0 Å². The number of benzene rings is 1. The van der Waals surface area contributed by atoms with E-state index >= 15 is 0 Å². The van der Waals surface area contributed by atoms with E-state index in [-0.39, 0.29) is 21.8 Å². The number of anilines is 1. The van der Waals surface area contributed by atoms with Gasteiger partial charge in [0.05, 0.1) is 0 Å². The fourth-order valence-electron chi connectivity index (χ4n) is 3.44. The number of aryl methyl sites for hydroxylation is 1. The number of rotatable bonds is 7. The van der Waals surface area contributed by atoms with E-state index < -0.39 is 5.91 Å². The standard InChI is InChI=1S/C24H25AsN5O2/c1-15-12-20(23(26)31)22(25-18-5-2-6-18)30-21(15)17-7-9-19(10-8-17)29-24(32)28-14-16-4-3-11-27-13-16/h3-4,7-13,18H,2,5-6,14H2,1H3,(H2,26,31)(H2,28,29,32). The van der Waals surface area contributed by atoms with Crippen LogP contribution in [0, 0.1) is 6.92 Å². The molecule has 1 saturated carbocycles. The summed E-state index contributed by atoms with van der Waals surface area (Å²) in [6.45, 7) is 2.34. The summed E-state index contributed by atoms with van der Waals surface area (Å²) in [4.78, 5) is 33.0. The minimum absolute atomic E-state index is 0.183. The molecule has 1 aromatic carbocycles. The molecule has 4 rings (SSSR count). The zero-order chi connectivity index (χ0) is 22.5. The summed E-state index contributed by atoms with van der Waals surface area (Å²) in [7, 11) is 0. The van der Waals surface area contributed by atoms with Gasteiger partial charge in [-0.05, 0) is 6.07 Å². The molecule has 1 aliphatic rings. The molecular formula is C24H25AsN5O2. The Kier molecular flexibility index (Phi) is 6.86. The van der Waals surface area contributed by atoms with E-state index in [0.29, 0.717) is 22.5 Å². The molecule has 3 amide bonds. The van der Waals surface area contributed by atoms with E-state index in [1.54, 1.807) is 12.4 Å². The predicted octanol–water partition coefficient (Wildman–Crippen LogP) is 3.17. The van der Waals surface area contributed by atoms with Gasteiger partial charge in [0.25, 0.3) is 0 Å². The molecule has 0 unspecified atom stereocenters. The van der Waals surface area contributed by atoms with Crippen LogP contribution in [-0.2, 0) is 6.54 Å². The van der Waals surface area contributed by atoms with Crippen molar-refractivity contribution >= 4 is 37.9 Å². The second kappa shape index (κ2) is 9.96. The zero-order valence-electron chi connectivity index (χ0n) is 17.8. The third-order valence-electron chi connectivity index (χ3n) is 5.43. The second-order valence-electron chi connectivity index (χ2n) is 7.85. The number of hydrogen-bond donors (Lipinski definition) is 3. The molecule has 0 spiro atoms. The molecule has 7 nitrogen and oxygen atoms in total. The van der Waals surface area contributed by atoms with Crippen molar-refractivity contribution in [2.75, 3.05) is 5.32 Å². The Hall–Kier alpha value is -3.18.